The summed E-state index contributed by atoms with van der Waals surface area (Å²) in [5, 5.41) is 7.32. The molecule has 3 aromatic rings. The Hall–Kier alpha value is -3.16. The molecule has 4 rings (SSSR count). The van der Waals surface area contributed by atoms with E-state index in [0.29, 0.717) is 30.4 Å². The van der Waals surface area contributed by atoms with Crippen LogP contribution in [0.3, 0.4) is 0 Å². The third kappa shape index (κ3) is 3.74. The molecule has 1 aromatic carbocycles. The van der Waals surface area contributed by atoms with Crippen LogP contribution in [0.15, 0.2) is 30.6 Å². The Balaban J connectivity index is 1.67. The fourth-order valence-corrected chi connectivity index (χ4v) is 3.39. The average molecular weight is 395 g/mol. The van der Waals surface area contributed by atoms with Crippen LogP contribution >= 0.6 is 0 Å². The lowest BCUT2D eigenvalue weighted by Gasteiger charge is -2.25. The van der Waals surface area contributed by atoms with Gasteiger partial charge in [-0.25, -0.2) is 4.98 Å². The first-order valence-electron chi connectivity index (χ1n) is 9.85. The highest BCUT2D eigenvalue weighted by atomic mass is 16.6. The first kappa shape index (κ1) is 19.2. The molecular weight excluding hydrogens is 370 g/mol. The summed E-state index contributed by atoms with van der Waals surface area (Å²) in [4.78, 5) is 21.9. The lowest BCUT2D eigenvalue weighted by Crippen LogP contribution is -2.33. The Bertz CT molecular complexity index is 1040. The normalized spacial score (nSPS) is 14.4. The third-order valence-corrected chi connectivity index (χ3v) is 4.97. The molecule has 0 fully saturated rings. The highest BCUT2D eigenvalue weighted by Crippen LogP contribution is 2.34. The van der Waals surface area contributed by atoms with E-state index in [9.17, 15) is 4.79 Å². The van der Waals surface area contributed by atoms with Crippen LogP contribution in [-0.2, 0) is 0 Å². The monoisotopic (exact) mass is 395 g/mol. The smallest absolute Gasteiger partial charge is 0.270 e. The van der Waals surface area contributed by atoms with Crippen molar-refractivity contribution in [1.29, 1.82) is 0 Å². The molecule has 152 valence electrons. The van der Waals surface area contributed by atoms with Crippen molar-refractivity contribution in [3.8, 4) is 11.5 Å². The lowest BCUT2D eigenvalue weighted by molar-refractivity contribution is 0.0917. The number of fused-ring (bicyclic) bond motifs is 2. The highest BCUT2D eigenvalue weighted by molar-refractivity contribution is 5.93. The van der Waals surface area contributed by atoms with Crippen molar-refractivity contribution in [2.75, 3.05) is 13.2 Å². The Kier molecular flexibility index (Phi) is 5.08. The summed E-state index contributed by atoms with van der Waals surface area (Å²) in [6, 6.07) is 7.38. The van der Waals surface area contributed by atoms with Crippen molar-refractivity contribution in [3.63, 3.8) is 0 Å². The van der Waals surface area contributed by atoms with Gasteiger partial charge in [0.05, 0.1) is 6.04 Å². The Morgan fingerprint density at radius 2 is 1.86 bits per heavy atom. The van der Waals surface area contributed by atoms with Crippen LogP contribution in [0, 0.1) is 5.92 Å². The fourth-order valence-electron chi connectivity index (χ4n) is 3.39. The van der Waals surface area contributed by atoms with E-state index in [4.69, 9.17) is 9.47 Å². The minimum Gasteiger partial charge on any atom is -0.486 e. The van der Waals surface area contributed by atoms with Crippen molar-refractivity contribution in [2.24, 2.45) is 5.92 Å². The molecule has 2 aromatic heterocycles. The third-order valence-electron chi connectivity index (χ3n) is 4.97. The van der Waals surface area contributed by atoms with Gasteiger partial charge in [0.1, 0.15) is 25.2 Å². The van der Waals surface area contributed by atoms with E-state index in [1.54, 1.807) is 6.07 Å². The molecule has 0 aliphatic carbocycles. The van der Waals surface area contributed by atoms with Crippen molar-refractivity contribution in [3.05, 3.63) is 47.5 Å². The van der Waals surface area contributed by atoms with Gasteiger partial charge < -0.3 is 14.8 Å². The van der Waals surface area contributed by atoms with Gasteiger partial charge in [-0.15, -0.1) is 0 Å². The van der Waals surface area contributed by atoms with E-state index < -0.39 is 0 Å². The zero-order valence-electron chi connectivity index (χ0n) is 17.0. The van der Waals surface area contributed by atoms with Gasteiger partial charge in [0.2, 0.25) is 0 Å². The van der Waals surface area contributed by atoms with Gasteiger partial charge >= 0.3 is 0 Å². The van der Waals surface area contributed by atoms with Gasteiger partial charge in [-0.05, 0) is 35.6 Å². The molecule has 0 saturated heterocycles. The molecule has 8 heteroatoms. The molecule has 0 unspecified atom stereocenters. The fraction of sp³-hybridized carbons (Fsp3) is 0.429. The number of nitrogens with one attached hydrogen (secondary N) is 1. The maximum atomic E-state index is 13.2. The SMILES string of the molecule is CC(C)c1cc(C(=O)N[C@H](c2ccc3c(c2)OCCO3)C(C)C)n2ncnc2n1. The lowest BCUT2D eigenvalue weighted by atomic mass is 9.95. The van der Waals surface area contributed by atoms with Gasteiger partial charge in [0, 0.05) is 5.69 Å². The quantitative estimate of drug-likeness (QED) is 0.714. The first-order chi connectivity index (χ1) is 13.9. The van der Waals surface area contributed by atoms with Crippen LogP contribution in [0.2, 0.25) is 0 Å². The molecule has 1 aliphatic heterocycles. The minimum absolute atomic E-state index is 0.166. The number of aromatic nitrogens is 4. The number of benzene rings is 1. The van der Waals surface area contributed by atoms with E-state index in [1.165, 1.54) is 10.8 Å². The molecule has 3 heterocycles. The van der Waals surface area contributed by atoms with Gasteiger partial charge in [-0.2, -0.15) is 14.6 Å². The number of rotatable bonds is 5. The Morgan fingerprint density at radius 1 is 1.10 bits per heavy atom. The molecule has 8 nitrogen and oxygen atoms in total. The summed E-state index contributed by atoms with van der Waals surface area (Å²) in [5.41, 5.74) is 2.18. The van der Waals surface area contributed by atoms with Gasteiger partial charge in [-0.3, -0.25) is 4.79 Å². The van der Waals surface area contributed by atoms with E-state index in [1.807, 2.05) is 32.0 Å². The number of ether oxygens (including phenoxy) is 2. The topological polar surface area (TPSA) is 90.6 Å². The predicted molar refractivity (Wildman–Crippen MR) is 107 cm³/mol. The second kappa shape index (κ2) is 7.69. The van der Waals surface area contributed by atoms with E-state index in [-0.39, 0.29) is 23.8 Å². The zero-order valence-corrected chi connectivity index (χ0v) is 17.0. The predicted octanol–water partition coefficient (Wildman–Crippen LogP) is 3.15. The largest absolute Gasteiger partial charge is 0.486 e. The number of nitrogens with zero attached hydrogens (tertiary/aromatic N) is 4. The van der Waals surface area contributed by atoms with Crippen molar-refractivity contribution < 1.29 is 14.3 Å². The Labute approximate surface area is 169 Å². The summed E-state index contributed by atoms with van der Waals surface area (Å²) >= 11 is 0. The standard InChI is InChI=1S/C21H25N5O3/c1-12(2)15-10-16(26-21(24-15)22-11-23-26)20(27)25-19(13(3)4)14-5-6-17-18(9-14)29-8-7-28-17/h5-6,9-13,19H,7-8H2,1-4H3,(H,25,27)/t19-/m0/s1. The van der Waals surface area contributed by atoms with Crippen LogP contribution in [0.25, 0.3) is 5.78 Å². The highest BCUT2D eigenvalue weighted by Gasteiger charge is 2.24. The number of carbonyl (C=O) groups is 1. The van der Waals surface area contributed by atoms with Crippen LogP contribution in [-0.4, -0.2) is 38.7 Å². The second-order valence-corrected chi connectivity index (χ2v) is 7.79. The average Bonchev–Trinajstić information content (AvgIpc) is 3.19. The molecular formula is C21H25N5O3. The molecule has 29 heavy (non-hydrogen) atoms. The first-order valence-corrected chi connectivity index (χ1v) is 9.85. The second-order valence-electron chi connectivity index (χ2n) is 7.79. The van der Waals surface area contributed by atoms with Crippen LogP contribution in [0.5, 0.6) is 11.5 Å². The van der Waals surface area contributed by atoms with E-state index in [2.05, 4.69) is 34.2 Å². The van der Waals surface area contributed by atoms with Crippen LogP contribution in [0.1, 0.15) is 61.4 Å². The summed E-state index contributed by atoms with van der Waals surface area (Å²) in [5.74, 6) is 1.97. The molecule has 1 atom stereocenters. The number of hydrogen-bond acceptors (Lipinski definition) is 6. The van der Waals surface area contributed by atoms with Crippen molar-refractivity contribution >= 4 is 11.7 Å². The minimum atomic E-state index is -0.224. The van der Waals surface area contributed by atoms with Gasteiger partial charge in [0.15, 0.2) is 11.5 Å². The summed E-state index contributed by atoms with van der Waals surface area (Å²) in [6.45, 7) is 9.27. The molecule has 1 aliphatic rings. The molecule has 1 amide bonds. The Morgan fingerprint density at radius 3 is 2.59 bits per heavy atom. The van der Waals surface area contributed by atoms with Crippen LogP contribution < -0.4 is 14.8 Å². The van der Waals surface area contributed by atoms with Gasteiger partial charge in [0.25, 0.3) is 11.7 Å². The molecule has 0 bridgehead atoms. The van der Waals surface area contributed by atoms with Crippen molar-refractivity contribution in [2.45, 2.75) is 39.7 Å². The molecule has 0 saturated carbocycles. The van der Waals surface area contributed by atoms with Crippen LogP contribution in [0.4, 0.5) is 0 Å². The number of amides is 1. The summed E-state index contributed by atoms with van der Waals surface area (Å²) < 4.78 is 12.8. The van der Waals surface area contributed by atoms with E-state index in [0.717, 1.165) is 17.0 Å². The summed E-state index contributed by atoms with van der Waals surface area (Å²) in [6.07, 6.45) is 1.41. The molecule has 1 N–H and O–H groups in total. The zero-order chi connectivity index (χ0) is 20.5. The maximum absolute atomic E-state index is 13.2. The molecule has 0 radical (unpaired) electrons. The maximum Gasteiger partial charge on any atom is 0.270 e. The molecule has 0 spiro atoms. The number of carbonyl (C=O) groups excluding carboxylic acids is 1. The summed E-state index contributed by atoms with van der Waals surface area (Å²) in [7, 11) is 0. The van der Waals surface area contributed by atoms with Crippen molar-refractivity contribution in [1.82, 2.24) is 24.9 Å². The van der Waals surface area contributed by atoms with Gasteiger partial charge in [-0.1, -0.05) is 33.8 Å². The number of hydrogen-bond donors (Lipinski definition) is 1. The van der Waals surface area contributed by atoms with E-state index >= 15 is 0 Å².